The van der Waals surface area contributed by atoms with Crippen molar-refractivity contribution in [3.63, 3.8) is 0 Å². The van der Waals surface area contributed by atoms with Crippen LogP contribution in [0, 0.1) is 6.92 Å². The second kappa shape index (κ2) is 9.89. The molecule has 2 aliphatic rings. The number of aromatic nitrogens is 2. The van der Waals surface area contributed by atoms with Crippen LogP contribution in [-0.4, -0.2) is 47.0 Å². The quantitative estimate of drug-likeness (QED) is 0.501. The van der Waals surface area contributed by atoms with Crippen LogP contribution in [0.25, 0.3) is 5.69 Å². The van der Waals surface area contributed by atoms with Crippen molar-refractivity contribution in [2.24, 2.45) is 0 Å². The highest BCUT2D eigenvalue weighted by molar-refractivity contribution is 8.00. The highest BCUT2D eigenvalue weighted by atomic mass is 32.2. The second-order valence-electron chi connectivity index (χ2n) is 10.9. The maximum atomic E-state index is 13.7. The van der Waals surface area contributed by atoms with Crippen molar-refractivity contribution in [3.8, 4) is 11.4 Å². The van der Waals surface area contributed by atoms with Crippen LogP contribution < -0.4 is 15.0 Å². The van der Waals surface area contributed by atoms with Crippen molar-refractivity contribution >= 4 is 29.4 Å². The monoisotopic (exact) mass is 518 g/mol. The molecule has 0 saturated heterocycles. The number of nitrogens with one attached hydrogen (secondary N) is 1. The number of hydrogen-bond donors (Lipinski definition) is 1. The minimum atomic E-state index is -0.292. The fourth-order valence-electron chi connectivity index (χ4n) is 4.72. The standard InChI is InChI=1S/C29H34N4O3S/c1-18-7-6-8-19(15-18)26-25-27(29(2,3)4)31-33(21-11-13-22(36-5)14-12-21)28(25)32(24(35)17-37-26)16-23(34)30-20-9-10-20/h6-8,11-15,20,26H,9-10,16-17H2,1-5H3,(H,30,34). The SMILES string of the molecule is COc1ccc(-n2nc(C(C)(C)C)c3c2N(CC(=O)NC2CC2)C(=O)CSC3c2cccc(C)c2)cc1. The van der Waals surface area contributed by atoms with E-state index < -0.39 is 0 Å². The average Bonchev–Trinajstić information content (AvgIpc) is 3.60. The van der Waals surface area contributed by atoms with Crippen LogP contribution in [0.4, 0.5) is 5.82 Å². The summed E-state index contributed by atoms with van der Waals surface area (Å²) in [4.78, 5) is 28.3. The van der Waals surface area contributed by atoms with Gasteiger partial charge in [0.1, 0.15) is 18.1 Å². The molecule has 5 rings (SSSR count). The van der Waals surface area contributed by atoms with Crippen LogP contribution >= 0.6 is 11.8 Å². The molecule has 0 spiro atoms. The summed E-state index contributed by atoms with van der Waals surface area (Å²) in [7, 11) is 1.63. The van der Waals surface area contributed by atoms with E-state index in [9.17, 15) is 9.59 Å². The zero-order valence-electron chi connectivity index (χ0n) is 22.1. The van der Waals surface area contributed by atoms with Crippen molar-refractivity contribution < 1.29 is 14.3 Å². The van der Waals surface area contributed by atoms with Crippen LogP contribution in [0.15, 0.2) is 48.5 Å². The van der Waals surface area contributed by atoms with E-state index in [-0.39, 0.29) is 40.8 Å². The number of thioether (sulfide) groups is 1. The second-order valence-corrected chi connectivity index (χ2v) is 12.0. The number of carbonyl (C=O) groups excluding carboxylic acids is 2. The van der Waals surface area contributed by atoms with Gasteiger partial charge in [-0.3, -0.25) is 14.5 Å². The first kappa shape index (κ1) is 25.4. The van der Waals surface area contributed by atoms with Crippen LogP contribution in [0.1, 0.15) is 61.2 Å². The number of methoxy groups -OCH3 is 1. The maximum Gasteiger partial charge on any atom is 0.240 e. The highest BCUT2D eigenvalue weighted by Crippen LogP contribution is 2.48. The summed E-state index contributed by atoms with van der Waals surface area (Å²) < 4.78 is 7.21. The predicted octanol–water partition coefficient (Wildman–Crippen LogP) is 4.93. The number of amides is 2. The van der Waals surface area contributed by atoms with Gasteiger partial charge < -0.3 is 10.1 Å². The molecule has 1 fully saturated rings. The van der Waals surface area contributed by atoms with Crippen molar-refractivity contribution in [2.75, 3.05) is 24.3 Å². The minimum absolute atomic E-state index is 0.0329. The van der Waals surface area contributed by atoms with Crippen molar-refractivity contribution in [1.82, 2.24) is 15.1 Å². The average molecular weight is 519 g/mol. The Morgan fingerprint density at radius 3 is 2.51 bits per heavy atom. The number of fused-ring (bicyclic) bond motifs is 1. The number of hydrogen-bond acceptors (Lipinski definition) is 5. The Balaban J connectivity index is 1.73. The largest absolute Gasteiger partial charge is 0.497 e. The molecular weight excluding hydrogens is 484 g/mol. The number of ether oxygens (including phenoxy) is 1. The molecule has 2 aromatic carbocycles. The molecule has 0 bridgehead atoms. The minimum Gasteiger partial charge on any atom is -0.497 e. The Morgan fingerprint density at radius 2 is 1.89 bits per heavy atom. The van der Waals surface area contributed by atoms with E-state index in [1.165, 1.54) is 0 Å². The van der Waals surface area contributed by atoms with Gasteiger partial charge in [-0.1, -0.05) is 50.6 Å². The molecule has 1 aliphatic carbocycles. The number of aryl methyl sites for hydroxylation is 1. The van der Waals surface area contributed by atoms with Gasteiger partial charge in [0.25, 0.3) is 0 Å². The molecule has 37 heavy (non-hydrogen) atoms. The van der Waals surface area contributed by atoms with Crippen LogP contribution in [0.5, 0.6) is 5.75 Å². The zero-order valence-corrected chi connectivity index (χ0v) is 22.9. The summed E-state index contributed by atoms with van der Waals surface area (Å²) in [6, 6.07) is 16.3. The van der Waals surface area contributed by atoms with Gasteiger partial charge in [0.2, 0.25) is 11.8 Å². The highest BCUT2D eigenvalue weighted by Gasteiger charge is 2.40. The summed E-state index contributed by atoms with van der Waals surface area (Å²) in [5.41, 5.74) is 4.71. The Morgan fingerprint density at radius 1 is 1.16 bits per heavy atom. The normalized spacial score (nSPS) is 17.8. The lowest BCUT2D eigenvalue weighted by atomic mass is 9.87. The van der Waals surface area contributed by atoms with E-state index in [2.05, 4.69) is 57.3 Å². The summed E-state index contributed by atoms with van der Waals surface area (Å²) in [6.07, 6.45) is 1.99. The molecule has 1 saturated carbocycles. The molecule has 1 atom stereocenters. The van der Waals surface area contributed by atoms with E-state index in [1.807, 2.05) is 28.9 Å². The van der Waals surface area contributed by atoms with Crippen molar-refractivity contribution in [2.45, 2.75) is 57.2 Å². The lowest BCUT2D eigenvalue weighted by Crippen LogP contribution is -2.43. The Hall–Kier alpha value is -3.26. The molecule has 3 aromatic rings. The molecule has 1 aliphatic heterocycles. The molecule has 1 N–H and O–H groups in total. The maximum absolute atomic E-state index is 13.7. The van der Waals surface area contributed by atoms with Crippen molar-refractivity contribution in [1.29, 1.82) is 0 Å². The van der Waals surface area contributed by atoms with Gasteiger partial charge in [-0.25, -0.2) is 4.68 Å². The Labute approximate surface area is 222 Å². The molecule has 1 unspecified atom stereocenters. The summed E-state index contributed by atoms with van der Waals surface area (Å²) >= 11 is 1.60. The molecule has 194 valence electrons. The van der Waals surface area contributed by atoms with Gasteiger partial charge >= 0.3 is 0 Å². The van der Waals surface area contributed by atoms with Crippen LogP contribution in [-0.2, 0) is 15.0 Å². The third-order valence-electron chi connectivity index (χ3n) is 6.71. The number of benzene rings is 2. The third-order valence-corrected chi connectivity index (χ3v) is 7.96. The van der Waals surface area contributed by atoms with E-state index in [0.717, 1.165) is 46.7 Å². The Bertz CT molecular complexity index is 1320. The summed E-state index contributed by atoms with van der Waals surface area (Å²) in [5.74, 6) is 1.45. The summed E-state index contributed by atoms with van der Waals surface area (Å²) in [5, 5.41) is 8.08. The van der Waals surface area contributed by atoms with Crippen LogP contribution in [0.3, 0.4) is 0 Å². The molecule has 0 radical (unpaired) electrons. The van der Waals surface area contributed by atoms with E-state index in [4.69, 9.17) is 9.84 Å². The van der Waals surface area contributed by atoms with Gasteiger partial charge in [-0.15, -0.1) is 11.8 Å². The van der Waals surface area contributed by atoms with Crippen LogP contribution in [0.2, 0.25) is 0 Å². The predicted molar refractivity (Wildman–Crippen MR) is 148 cm³/mol. The molecule has 7 nitrogen and oxygen atoms in total. The number of nitrogens with zero attached hydrogens (tertiary/aromatic N) is 3. The fraction of sp³-hybridized carbons (Fsp3) is 0.414. The van der Waals surface area contributed by atoms with Crippen molar-refractivity contribution in [3.05, 3.63) is 70.9 Å². The van der Waals surface area contributed by atoms with E-state index in [1.54, 1.807) is 23.8 Å². The zero-order chi connectivity index (χ0) is 26.3. The van der Waals surface area contributed by atoms with Gasteiger partial charge in [-0.05, 0) is 49.6 Å². The first-order valence-corrected chi connectivity index (χ1v) is 13.8. The molecular formula is C29H34N4O3S. The smallest absolute Gasteiger partial charge is 0.240 e. The fourth-order valence-corrected chi connectivity index (χ4v) is 5.91. The number of anilines is 1. The lowest BCUT2D eigenvalue weighted by molar-refractivity contribution is -0.123. The topological polar surface area (TPSA) is 76.5 Å². The van der Waals surface area contributed by atoms with E-state index in [0.29, 0.717) is 5.82 Å². The van der Waals surface area contributed by atoms with Gasteiger partial charge in [0.15, 0.2) is 0 Å². The Kier molecular flexibility index (Phi) is 6.79. The molecule has 2 amide bonds. The van der Waals surface area contributed by atoms with E-state index >= 15 is 0 Å². The summed E-state index contributed by atoms with van der Waals surface area (Å²) in [6.45, 7) is 8.47. The number of rotatable bonds is 6. The lowest BCUT2D eigenvalue weighted by Gasteiger charge is -2.24. The molecule has 2 heterocycles. The van der Waals surface area contributed by atoms with Gasteiger partial charge in [0, 0.05) is 17.0 Å². The third kappa shape index (κ3) is 5.25. The first-order chi connectivity index (χ1) is 17.7. The molecule has 1 aromatic heterocycles. The van der Waals surface area contributed by atoms with Gasteiger partial charge in [-0.2, -0.15) is 5.10 Å². The first-order valence-electron chi connectivity index (χ1n) is 12.7. The van der Waals surface area contributed by atoms with Gasteiger partial charge in [0.05, 0.1) is 29.5 Å². The molecule has 8 heteroatoms. The number of carbonyl (C=O) groups is 2.